The Morgan fingerprint density at radius 3 is 2.70 bits per heavy atom. The number of carbonyl (C=O) groups is 1. The SMILES string of the molecule is COc1c(C(CC(=O)O)N2CCOCC2)c(C)nn1C. The maximum atomic E-state index is 11.2. The van der Waals surface area contributed by atoms with Crippen molar-refractivity contribution in [2.75, 3.05) is 33.4 Å². The van der Waals surface area contributed by atoms with Crippen LogP contribution in [-0.2, 0) is 16.6 Å². The number of aliphatic carboxylic acids is 1. The van der Waals surface area contributed by atoms with Crippen molar-refractivity contribution < 1.29 is 19.4 Å². The quantitative estimate of drug-likeness (QED) is 0.852. The second kappa shape index (κ2) is 6.23. The van der Waals surface area contributed by atoms with Gasteiger partial charge in [-0.1, -0.05) is 0 Å². The van der Waals surface area contributed by atoms with Gasteiger partial charge in [0.1, 0.15) is 0 Å². The molecule has 1 aromatic heterocycles. The molecule has 1 fully saturated rings. The van der Waals surface area contributed by atoms with Crippen molar-refractivity contribution in [3.05, 3.63) is 11.3 Å². The molecule has 0 radical (unpaired) electrons. The van der Waals surface area contributed by atoms with E-state index in [1.54, 1.807) is 18.8 Å². The summed E-state index contributed by atoms with van der Waals surface area (Å²) in [5, 5.41) is 13.6. The monoisotopic (exact) mass is 283 g/mol. The predicted octanol–water partition coefficient (Wildman–Crippen LogP) is 0.585. The molecule has 0 aliphatic carbocycles. The number of aryl methyl sites for hydroxylation is 2. The molecule has 7 nitrogen and oxygen atoms in total. The minimum Gasteiger partial charge on any atom is -0.481 e. The smallest absolute Gasteiger partial charge is 0.305 e. The number of methoxy groups -OCH3 is 1. The van der Waals surface area contributed by atoms with Crippen LogP contribution in [0.2, 0.25) is 0 Å². The lowest BCUT2D eigenvalue weighted by molar-refractivity contribution is -0.139. The van der Waals surface area contributed by atoms with Gasteiger partial charge >= 0.3 is 5.97 Å². The molecule has 2 heterocycles. The Balaban J connectivity index is 2.37. The summed E-state index contributed by atoms with van der Waals surface area (Å²) in [7, 11) is 3.38. The van der Waals surface area contributed by atoms with Gasteiger partial charge in [0.05, 0.1) is 44.0 Å². The molecule has 112 valence electrons. The molecule has 1 saturated heterocycles. The Morgan fingerprint density at radius 1 is 1.50 bits per heavy atom. The fourth-order valence-corrected chi connectivity index (χ4v) is 2.75. The van der Waals surface area contributed by atoms with E-state index in [0.717, 1.165) is 24.3 Å². The summed E-state index contributed by atoms with van der Waals surface area (Å²) in [5.74, 6) is -0.202. The van der Waals surface area contributed by atoms with Gasteiger partial charge in [0.2, 0.25) is 5.88 Å². The van der Waals surface area contributed by atoms with E-state index in [9.17, 15) is 9.90 Å². The molecule has 1 unspecified atom stereocenters. The standard InChI is InChI=1S/C13H21N3O4/c1-9-12(13(19-3)15(2)14-9)10(8-11(17)18)16-4-6-20-7-5-16/h10H,4-8H2,1-3H3,(H,17,18). The Bertz CT molecular complexity index is 480. The molecule has 20 heavy (non-hydrogen) atoms. The molecule has 1 aliphatic heterocycles. The first kappa shape index (κ1) is 14.8. The normalized spacial score (nSPS) is 17.9. The van der Waals surface area contributed by atoms with Crippen LogP contribution in [-0.4, -0.2) is 59.2 Å². The number of hydrogen-bond acceptors (Lipinski definition) is 5. The molecule has 1 atom stereocenters. The lowest BCUT2D eigenvalue weighted by atomic mass is 10.0. The maximum absolute atomic E-state index is 11.2. The molecule has 0 amide bonds. The summed E-state index contributed by atoms with van der Waals surface area (Å²) in [5.41, 5.74) is 1.67. The van der Waals surface area contributed by atoms with Crippen LogP contribution in [0.15, 0.2) is 0 Å². The molecule has 2 rings (SSSR count). The number of rotatable bonds is 5. The summed E-state index contributed by atoms with van der Waals surface area (Å²) in [6.07, 6.45) is 0.0306. The Kier molecular flexibility index (Phi) is 4.61. The van der Waals surface area contributed by atoms with Crippen LogP contribution in [0.4, 0.5) is 0 Å². The number of morpholine rings is 1. The fraction of sp³-hybridized carbons (Fsp3) is 0.692. The van der Waals surface area contributed by atoms with Crippen molar-refractivity contribution in [1.29, 1.82) is 0 Å². The van der Waals surface area contributed by atoms with E-state index in [4.69, 9.17) is 9.47 Å². The van der Waals surface area contributed by atoms with Crippen LogP contribution in [0.25, 0.3) is 0 Å². The van der Waals surface area contributed by atoms with Crippen LogP contribution in [0.3, 0.4) is 0 Å². The highest BCUT2D eigenvalue weighted by Gasteiger charge is 2.31. The van der Waals surface area contributed by atoms with Crippen molar-refractivity contribution in [3.63, 3.8) is 0 Å². The van der Waals surface area contributed by atoms with Crippen LogP contribution in [0.1, 0.15) is 23.7 Å². The van der Waals surface area contributed by atoms with Crippen LogP contribution in [0, 0.1) is 6.92 Å². The van der Waals surface area contributed by atoms with Crippen molar-refractivity contribution in [2.45, 2.75) is 19.4 Å². The summed E-state index contributed by atoms with van der Waals surface area (Å²) in [6, 6.07) is -0.236. The molecule has 1 aliphatic rings. The van der Waals surface area contributed by atoms with Crippen molar-refractivity contribution in [3.8, 4) is 5.88 Å². The zero-order valence-electron chi connectivity index (χ0n) is 12.1. The minimum atomic E-state index is -0.827. The van der Waals surface area contributed by atoms with E-state index in [1.165, 1.54) is 0 Å². The van der Waals surface area contributed by atoms with Crippen molar-refractivity contribution in [2.24, 2.45) is 7.05 Å². The fourth-order valence-electron chi connectivity index (χ4n) is 2.75. The average molecular weight is 283 g/mol. The zero-order chi connectivity index (χ0) is 14.7. The van der Waals surface area contributed by atoms with E-state index in [0.29, 0.717) is 19.1 Å². The summed E-state index contributed by atoms with van der Waals surface area (Å²) >= 11 is 0. The third-order valence-electron chi connectivity index (χ3n) is 3.60. The topological polar surface area (TPSA) is 76.8 Å². The zero-order valence-corrected chi connectivity index (χ0v) is 12.1. The molecule has 0 spiro atoms. The third-order valence-corrected chi connectivity index (χ3v) is 3.60. The molecule has 0 saturated carbocycles. The number of nitrogens with zero attached hydrogens (tertiary/aromatic N) is 3. The molecular weight excluding hydrogens is 262 g/mol. The highest BCUT2D eigenvalue weighted by atomic mass is 16.5. The first-order chi connectivity index (χ1) is 9.54. The van der Waals surface area contributed by atoms with E-state index in [2.05, 4.69) is 10.00 Å². The van der Waals surface area contributed by atoms with Gasteiger partial charge in [-0.2, -0.15) is 5.10 Å². The lowest BCUT2D eigenvalue weighted by Gasteiger charge is -2.33. The van der Waals surface area contributed by atoms with E-state index >= 15 is 0 Å². The number of carboxylic acid groups (broad SMARTS) is 1. The van der Waals surface area contributed by atoms with Gasteiger partial charge in [-0.15, -0.1) is 0 Å². The molecule has 7 heteroatoms. The minimum absolute atomic E-state index is 0.0306. The predicted molar refractivity (Wildman–Crippen MR) is 71.9 cm³/mol. The van der Waals surface area contributed by atoms with E-state index in [-0.39, 0.29) is 12.5 Å². The Morgan fingerprint density at radius 2 is 2.15 bits per heavy atom. The second-order valence-electron chi connectivity index (χ2n) is 4.89. The largest absolute Gasteiger partial charge is 0.481 e. The van der Waals surface area contributed by atoms with Crippen molar-refractivity contribution >= 4 is 5.97 Å². The van der Waals surface area contributed by atoms with Gasteiger partial charge in [-0.3, -0.25) is 9.69 Å². The molecule has 0 bridgehead atoms. The van der Waals surface area contributed by atoms with E-state index < -0.39 is 5.97 Å². The number of ether oxygens (including phenoxy) is 2. The maximum Gasteiger partial charge on any atom is 0.305 e. The van der Waals surface area contributed by atoms with Gasteiger partial charge in [0.25, 0.3) is 0 Å². The molecular formula is C13H21N3O4. The highest BCUT2D eigenvalue weighted by molar-refractivity contribution is 5.68. The molecule has 1 N–H and O–H groups in total. The summed E-state index contributed by atoms with van der Waals surface area (Å²) in [4.78, 5) is 13.3. The molecule has 0 aromatic carbocycles. The average Bonchev–Trinajstić information content (AvgIpc) is 2.70. The third kappa shape index (κ3) is 2.94. The van der Waals surface area contributed by atoms with Crippen molar-refractivity contribution in [1.82, 2.24) is 14.7 Å². The lowest BCUT2D eigenvalue weighted by Crippen LogP contribution is -2.40. The number of hydrogen-bond donors (Lipinski definition) is 1. The van der Waals surface area contributed by atoms with E-state index in [1.807, 2.05) is 6.92 Å². The van der Waals surface area contributed by atoms with Gasteiger partial charge < -0.3 is 14.6 Å². The van der Waals surface area contributed by atoms with Gasteiger partial charge in [-0.25, -0.2) is 4.68 Å². The second-order valence-corrected chi connectivity index (χ2v) is 4.89. The first-order valence-corrected chi connectivity index (χ1v) is 6.65. The summed E-state index contributed by atoms with van der Waals surface area (Å²) < 4.78 is 12.4. The van der Waals surface area contributed by atoms with Crippen LogP contribution < -0.4 is 4.74 Å². The number of carboxylic acids is 1. The highest BCUT2D eigenvalue weighted by Crippen LogP contribution is 2.34. The van der Waals surface area contributed by atoms with Crippen LogP contribution in [0.5, 0.6) is 5.88 Å². The van der Waals surface area contributed by atoms with Gasteiger partial charge in [-0.05, 0) is 6.92 Å². The Hall–Kier alpha value is -1.60. The van der Waals surface area contributed by atoms with Crippen LogP contribution >= 0.6 is 0 Å². The molecule has 1 aromatic rings. The van der Waals surface area contributed by atoms with Gasteiger partial charge in [0.15, 0.2) is 0 Å². The Labute approximate surface area is 118 Å². The summed E-state index contributed by atoms with van der Waals surface area (Å²) in [6.45, 7) is 4.56. The first-order valence-electron chi connectivity index (χ1n) is 6.65. The van der Waals surface area contributed by atoms with Gasteiger partial charge in [0, 0.05) is 20.1 Å². The number of aromatic nitrogens is 2.